The minimum absolute atomic E-state index is 0.137. The van der Waals surface area contributed by atoms with Crippen LogP contribution in [0.25, 0.3) is 0 Å². The van der Waals surface area contributed by atoms with Crippen LogP contribution in [0.3, 0.4) is 0 Å². The molecule has 0 saturated carbocycles. The van der Waals surface area contributed by atoms with Crippen LogP contribution >= 0.6 is 0 Å². The van der Waals surface area contributed by atoms with Gasteiger partial charge in [0.15, 0.2) is 5.79 Å². The van der Waals surface area contributed by atoms with Gasteiger partial charge in [0.2, 0.25) is 0 Å². The predicted octanol–water partition coefficient (Wildman–Crippen LogP) is 2.48. The van der Waals surface area contributed by atoms with E-state index in [1.54, 1.807) is 13.8 Å². The highest BCUT2D eigenvalue weighted by molar-refractivity contribution is 5.70. The largest absolute Gasteiger partial charge is 0.460 e. The quantitative estimate of drug-likeness (QED) is 0.372. The van der Waals surface area contributed by atoms with Crippen molar-refractivity contribution in [3.63, 3.8) is 0 Å². The van der Waals surface area contributed by atoms with Crippen molar-refractivity contribution in [3.8, 4) is 0 Å². The van der Waals surface area contributed by atoms with Crippen molar-refractivity contribution < 1.29 is 24.2 Å². The molecule has 1 aliphatic rings. The molecule has 6 heteroatoms. The van der Waals surface area contributed by atoms with Gasteiger partial charge in [-0.15, -0.1) is 5.16 Å². The minimum Gasteiger partial charge on any atom is -0.460 e. The summed E-state index contributed by atoms with van der Waals surface area (Å²) >= 11 is 0. The van der Waals surface area contributed by atoms with Gasteiger partial charge in [0, 0.05) is 19.1 Å². The zero-order valence-electron chi connectivity index (χ0n) is 12.9. The lowest BCUT2D eigenvalue weighted by Gasteiger charge is -2.40. The summed E-state index contributed by atoms with van der Waals surface area (Å²) < 4.78 is 16.7. The van der Waals surface area contributed by atoms with Gasteiger partial charge < -0.3 is 19.4 Å². The van der Waals surface area contributed by atoms with Crippen molar-refractivity contribution in [1.29, 1.82) is 0 Å². The molecular weight excluding hydrogens is 262 g/mol. The van der Waals surface area contributed by atoms with E-state index < -0.39 is 11.4 Å². The van der Waals surface area contributed by atoms with Gasteiger partial charge in [-0.2, -0.15) is 0 Å². The minimum atomic E-state index is -0.765. The molecule has 6 nitrogen and oxygen atoms in total. The number of nitrogens with zero attached hydrogens (tertiary/aromatic N) is 1. The third kappa shape index (κ3) is 6.34. The Bertz CT molecular complexity index is 359. The van der Waals surface area contributed by atoms with Crippen LogP contribution in [-0.4, -0.2) is 41.0 Å². The topological polar surface area (TPSA) is 77.4 Å². The van der Waals surface area contributed by atoms with Crippen LogP contribution in [-0.2, 0) is 19.0 Å². The lowest BCUT2D eigenvalue weighted by atomic mass is 10.0. The van der Waals surface area contributed by atoms with E-state index in [9.17, 15) is 4.79 Å². The summed E-state index contributed by atoms with van der Waals surface area (Å²) in [6.07, 6.45) is 2.23. The molecule has 0 spiro atoms. The van der Waals surface area contributed by atoms with Gasteiger partial charge in [-0.3, -0.25) is 4.79 Å². The molecule has 0 aromatic carbocycles. The van der Waals surface area contributed by atoms with Crippen molar-refractivity contribution in [2.45, 2.75) is 77.5 Å². The second-order valence-electron chi connectivity index (χ2n) is 6.44. The van der Waals surface area contributed by atoms with Crippen LogP contribution < -0.4 is 0 Å². The van der Waals surface area contributed by atoms with Gasteiger partial charge in [-0.1, -0.05) is 0 Å². The first-order chi connectivity index (χ1) is 9.11. The number of rotatable bonds is 4. The summed E-state index contributed by atoms with van der Waals surface area (Å²) in [7, 11) is 0. The molecule has 116 valence electrons. The first kappa shape index (κ1) is 16.9. The monoisotopic (exact) mass is 287 g/mol. The SMILES string of the molecule is CC(C)(C)OC(=O)C[C@H]1C[C@@H](C/C=N/O)OC(C)(C)O1. The van der Waals surface area contributed by atoms with Crippen molar-refractivity contribution in [2.75, 3.05) is 0 Å². The summed E-state index contributed by atoms with van der Waals surface area (Å²) in [5, 5.41) is 11.4. The average Bonchev–Trinajstić information content (AvgIpc) is 2.21. The van der Waals surface area contributed by atoms with Gasteiger partial charge in [-0.25, -0.2) is 0 Å². The molecule has 1 saturated heterocycles. The van der Waals surface area contributed by atoms with Gasteiger partial charge >= 0.3 is 5.97 Å². The van der Waals surface area contributed by atoms with E-state index in [0.717, 1.165) is 0 Å². The maximum Gasteiger partial charge on any atom is 0.308 e. The molecule has 1 heterocycles. The van der Waals surface area contributed by atoms with Crippen LogP contribution in [0.2, 0.25) is 0 Å². The second kappa shape index (κ2) is 6.54. The molecule has 0 amide bonds. The summed E-state index contributed by atoms with van der Waals surface area (Å²) in [6, 6.07) is 0. The fourth-order valence-corrected chi connectivity index (χ4v) is 2.22. The van der Waals surface area contributed by atoms with E-state index >= 15 is 0 Å². The number of esters is 1. The van der Waals surface area contributed by atoms with Crippen LogP contribution in [0.15, 0.2) is 5.16 Å². The molecule has 0 aromatic rings. The van der Waals surface area contributed by atoms with Crippen molar-refractivity contribution in [1.82, 2.24) is 0 Å². The Morgan fingerprint density at radius 1 is 1.40 bits per heavy atom. The highest BCUT2D eigenvalue weighted by Gasteiger charge is 2.36. The standard InChI is InChI=1S/C14H25NO5/c1-13(2,3)20-12(16)9-11-8-10(6-7-15-17)18-14(4,5)19-11/h7,10-11,17H,6,8-9H2,1-5H3/b15-7+/t10-,11-/m1/s1. The summed E-state index contributed by atoms with van der Waals surface area (Å²) in [5.41, 5.74) is -0.499. The fourth-order valence-electron chi connectivity index (χ4n) is 2.22. The van der Waals surface area contributed by atoms with Crippen LogP contribution in [0.4, 0.5) is 0 Å². The Balaban J connectivity index is 2.58. The zero-order valence-corrected chi connectivity index (χ0v) is 12.9. The van der Waals surface area contributed by atoms with Gasteiger partial charge in [0.25, 0.3) is 0 Å². The summed E-state index contributed by atoms with van der Waals surface area (Å²) in [6.45, 7) is 9.11. The molecule has 0 aromatic heterocycles. The summed E-state index contributed by atoms with van der Waals surface area (Å²) in [5.74, 6) is -1.05. The van der Waals surface area contributed by atoms with Crippen LogP contribution in [0.1, 0.15) is 53.9 Å². The Morgan fingerprint density at radius 2 is 2.00 bits per heavy atom. The van der Waals surface area contributed by atoms with Crippen LogP contribution in [0.5, 0.6) is 0 Å². The van der Waals surface area contributed by atoms with Crippen molar-refractivity contribution in [2.24, 2.45) is 5.16 Å². The van der Waals surface area contributed by atoms with E-state index in [2.05, 4.69) is 5.16 Å². The van der Waals surface area contributed by atoms with Gasteiger partial charge in [0.1, 0.15) is 5.60 Å². The third-order valence-electron chi connectivity index (χ3n) is 2.69. The first-order valence-corrected chi connectivity index (χ1v) is 6.85. The van der Waals surface area contributed by atoms with E-state index in [-0.39, 0.29) is 24.6 Å². The van der Waals surface area contributed by atoms with Crippen LogP contribution in [0, 0.1) is 0 Å². The third-order valence-corrected chi connectivity index (χ3v) is 2.69. The maximum atomic E-state index is 11.8. The Kier molecular flexibility index (Phi) is 5.53. The number of hydrogen-bond acceptors (Lipinski definition) is 6. The van der Waals surface area contributed by atoms with E-state index in [1.165, 1.54) is 6.21 Å². The highest BCUT2D eigenvalue weighted by Crippen LogP contribution is 2.29. The molecule has 20 heavy (non-hydrogen) atoms. The molecule has 0 aliphatic carbocycles. The normalized spacial score (nSPS) is 26.6. The number of carbonyl (C=O) groups excluding carboxylic acids is 1. The average molecular weight is 287 g/mol. The lowest BCUT2D eigenvalue weighted by Crippen LogP contribution is -2.45. The predicted molar refractivity (Wildman–Crippen MR) is 73.8 cm³/mol. The number of oxime groups is 1. The smallest absolute Gasteiger partial charge is 0.308 e. The Hall–Kier alpha value is -1.14. The number of hydrogen-bond donors (Lipinski definition) is 1. The molecule has 0 bridgehead atoms. The molecule has 1 fully saturated rings. The molecular formula is C14H25NO5. The Labute approximate surface area is 120 Å². The molecule has 0 radical (unpaired) electrons. The number of carbonyl (C=O) groups is 1. The molecule has 1 rings (SSSR count). The van der Waals surface area contributed by atoms with Crippen molar-refractivity contribution in [3.05, 3.63) is 0 Å². The van der Waals surface area contributed by atoms with Gasteiger partial charge in [0.05, 0.1) is 18.6 Å². The van der Waals surface area contributed by atoms with Crippen molar-refractivity contribution >= 4 is 12.2 Å². The maximum absolute atomic E-state index is 11.8. The first-order valence-electron chi connectivity index (χ1n) is 6.85. The van der Waals surface area contributed by atoms with E-state index in [1.807, 2.05) is 20.8 Å². The zero-order chi connectivity index (χ0) is 15.4. The summed E-state index contributed by atoms with van der Waals surface area (Å²) in [4.78, 5) is 11.8. The van der Waals surface area contributed by atoms with E-state index in [0.29, 0.717) is 12.8 Å². The lowest BCUT2D eigenvalue weighted by molar-refractivity contribution is -0.298. The highest BCUT2D eigenvalue weighted by atomic mass is 16.7. The molecule has 0 unspecified atom stereocenters. The Morgan fingerprint density at radius 3 is 2.55 bits per heavy atom. The molecule has 1 aliphatic heterocycles. The fraction of sp³-hybridized carbons (Fsp3) is 0.857. The number of ether oxygens (including phenoxy) is 3. The van der Waals surface area contributed by atoms with E-state index in [4.69, 9.17) is 19.4 Å². The second-order valence-corrected chi connectivity index (χ2v) is 6.44. The molecule has 1 N–H and O–H groups in total. The molecule has 2 atom stereocenters. The van der Waals surface area contributed by atoms with Gasteiger partial charge in [-0.05, 0) is 34.6 Å².